The van der Waals surface area contributed by atoms with Crippen LogP contribution < -0.4 is 5.32 Å². The van der Waals surface area contributed by atoms with E-state index in [9.17, 15) is 4.79 Å². The predicted molar refractivity (Wildman–Crippen MR) is 131 cm³/mol. The molecule has 5 rings (SSSR count). The first-order valence-electron chi connectivity index (χ1n) is 11.4. The van der Waals surface area contributed by atoms with Gasteiger partial charge in [0.25, 0.3) is 0 Å². The van der Waals surface area contributed by atoms with Crippen molar-refractivity contribution in [3.8, 4) is 11.1 Å². The van der Waals surface area contributed by atoms with Crippen molar-refractivity contribution < 1.29 is 14.4 Å². The van der Waals surface area contributed by atoms with Gasteiger partial charge in [0.2, 0.25) is 5.91 Å². The molecular weight excluding hydrogens is 424 g/mol. The van der Waals surface area contributed by atoms with E-state index in [1.807, 2.05) is 30.6 Å². The summed E-state index contributed by atoms with van der Waals surface area (Å²) in [6.45, 7) is 2.70. The quantitative estimate of drug-likeness (QED) is 0.432. The Bertz CT molecular complexity index is 1330. The highest BCUT2D eigenvalue weighted by molar-refractivity contribution is 5.98. The van der Waals surface area contributed by atoms with Gasteiger partial charge in [-0.25, -0.2) is 0 Å². The van der Waals surface area contributed by atoms with Crippen LogP contribution in [0.25, 0.3) is 21.9 Å². The summed E-state index contributed by atoms with van der Waals surface area (Å²) in [6, 6.07) is 25.4. The smallest absolute Gasteiger partial charge is 0.352 e. The Labute approximate surface area is 198 Å². The lowest BCUT2D eigenvalue weighted by Crippen LogP contribution is -2.25. The number of carbonyl (C=O) groups excluding carboxylic acids is 3. The van der Waals surface area contributed by atoms with Gasteiger partial charge in [-0.3, -0.25) is 9.78 Å². The molecule has 0 bridgehead atoms. The number of aryl methyl sites for hydroxylation is 1. The summed E-state index contributed by atoms with van der Waals surface area (Å²) in [5.74, 6) is 0.585. The van der Waals surface area contributed by atoms with Crippen LogP contribution in [0, 0.1) is 5.92 Å². The average molecular weight is 451 g/mol. The highest BCUT2D eigenvalue weighted by atomic mass is 16.2. The molecule has 1 aliphatic carbocycles. The van der Waals surface area contributed by atoms with Crippen molar-refractivity contribution in [1.29, 1.82) is 0 Å². The van der Waals surface area contributed by atoms with Gasteiger partial charge in [-0.15, -0.1) is 0 Å². The summed E-state index contributed by atoms with van der Waals surface area (Å²) in [6.07, 6.45) is 5.95. The maximum atomic E-state index is 12.7. The zero-order valence-electron chi connectivity index (χ0n) is 19.0. The molecular formula is C29H26N2O3. The Morgan fingerprint density at radius 3 is 2.56 bits per heavy atom. The van der Waals surface area contributed by atoms with Gasteiger partial charge < -0.3 is 5.32 Å². The van der Waals surface area contributed by atoms with E-state index in [1.54, 1.807) is 0 Å². The van der Waals surface area contributed by atoms with E-state index >= 15 is 0 Å². The first-order valence-corrected chi connectivity index (χ1v) is 11.4. The summed E-state index contributed by atoms with van der Waals surface area (Å²) >= 11 is 0. The Morgan fingerprint density at radius 1 is 1.00 bits per heavy atom. The summed E-state index contributed by atoms with van der Waals surface area (Å²) in [5, 5.41) is 5.43. The number of carbonyl (C=O) groups is 1. The van der Waals surface area contributed by atoms with Gasteiger partial charge >= 0.3 is 6.15 Å². The number of amides is 1. The highest BCUT2D eigenvalue weighted by Gasteiger charge is 2.43. The van der Waals surface area contributed by atoms with Crippen molar-refractivity contribution in [2.75, 3.05) is 0 Å². The number of hydrogen-bond donors (Lipinski definition) is 1. The van der Waals surface area contributed by atoms with Crippen molar-refractivity contribution in [3.63, 3.8) is 0 Å². The summed E-state index contributed by atoms with van der Waals surface area (Å²) in [7, 11) is 0. The molecule has 0 aliphatic heterocycles. The number of hydrogen-bond acceptors (Lipinski definition) is 4. The lowest BCUT2D eigenvalue weighted by Gasteiger charge is -2.13. The van der Waals surface area contributed by atoms with Crippen LogP contribution in [0.3, 0.4) is 0 Å². The molecule has 3 aromatic carbocycles. The van der Waals surface area contributed by atoms with Gasteiger partial charge in [0.1, 0.15) is 0 Å². The maximum Gasteiger partial charge on any atom is 0.373 e. The second kappa shape index (κ2) is 10.7. The number of rotatable bonds is 6. The molecule has 5 nitrogen and oxygen atoms in total. The van der Waals surface area contributed by atoms with Crippen molar-refractivity contribution in [1.82, 2.24) is 10.3 Å². The zero-order valence-corrected chi connectivity index (χ0v) is 19.0. The monoisotopic (exact) mass is 450 g/mol. The number of nitrogens with one attached hydrogen (secondary N) is 1. The summed E-state index contributed by atoms with van der Waals surface area (Å²) in [4.78, 5) is 33.3. The van der Waals surface area contributed by atoms with Gasteiger partial charge in [0.15, 0.2) is 0 Å². The number of pyridine rings is 1. The number of aromatic nitrogens is 1. The van der Waals surface area contributed by atoms with Gasteiger partial charge in [-0.05, 0) is 58.0 Å². The predicted octanol–water partition coefficient (Wildman–Crippen LogP) is 5.30. The molecule has 4 aromatic rings. The number of fused-ring (bicyclic) bond motifs is 1. The molecule has 1 fully saturated rings. The normalized spacial score (nSPS) is 16.1. The Kier molecular flexibility index (Phi) is 7.26. The Balaban J connectivity index is 0.000000868. The van der Waals surface area contributed by atoms with E-state index in [0.29, 0.717) is 12.5 Å². The van der Waals surface area contributed by atoms with Gasteiger partial charge in [-0.2, -0.15) is 9.59 Å². The van der Waals surface area contributed by atoms with Gasteiger partial charge in [0.05, 0.1) is 0 Å². The second-order valence-corrected chi connectivity index (χ2v) is 8.41. The third-order valence-electron chi connectivity index (χ3n) is 6.36. The molecule has 1 heterocycles. The summed E-state index contributed by atoms with van der Waals surface area (Å²) < 4.78 is 0. The third kappa shape index (κ3) is 5.11. The summed E-state index contributed by atoms with van der Waals surface area (Å²) in [5.41, 5.74) is 6.11. The van der Waals surface area contributed by atoms with Crippen LogP contribution in [-0.4, -0.2) is 17.0 Å². The number of benzene rings is 3. The molecule has 0 saturated heterocycles. The van der Waals surface area contributed by atoms with E-state index in [0.717, 1.165) is 23.8 Å². The minimum Gasteiger partial charge on any atom is -0.352 e. The first-order chi connectivity index (χ1) is 16.7. The molecule has 170 valence electrons. The molecule has 0 spiro atoms. The van der Waals surface area contributed by atoms with E-state index in [2.05, 4.69) is 71.8 Å². The third-order valence-corrected chi connectivity index (χ3v) is 6.36. The lowest BCUT2D eigenvalue weighted by molar-refractivity contribution is -0.191. The fourth-order valence-corrected chi connectivity index (χ4v) is 4.48. The molecule has 1 aromatic heterocycles. The molecule has 34 heavy (non-hydrogen) atoms. The Hall–Kier alpha value is -4.08. The molecule has 1 saturated carbocycles. The average Bonchev–Trinajstić information content (AvgIpc) is 3.69. The van der Waals surface area contributed by atoms with Crippen molar-refractivity contribution in [3.05, 3.63) is 102 Å². The van der Waals surface area contributed by atoms with E-state index in [1.165, 1.54) is 27.6 Å². The van der Waals surface area contributed by atoms with Gasteiger partial charge in [-0.1, -0.05) is 73.7 Å². The molecule has 2 unspecified atom stereocenters. The van der Waals surface area contributed by atoms with Crippen LogP contribution in [0.1, 0.15) is 36.0 Å². The van der Waals surface area contributed by atoms with Crippen LogP contribution >= 0.6 is 0 Å². The highest BCUT2D eigenvalue weighted by Crippen LogP contribution is 2.47. The maximum absolute atomic E-state index is 12.7. The van der Waals surface area contributed by atoms with Crippen molar-refractivity contribution in [2.45, 2.75) is 32.2 Å². The van der Waals surface area contributed by atoms with Crippen LogP contribution in [0.2, 0.25) is 0 Å². The largest absolute Gasteiger partial charge is 0.373 e. The molecule has 1 amide bonds. The second-order valence-electron chi connectivity index (χ2n) is 8.41. The molecule has 2 atom stereocenters. The van der Waals surface area contributed by atoms with E-state index in [4.69, 9.17) is 9.59 Å². The number of nitrogens with zero attached hydrogens (tertiary/aromatic N) is 1. The van der Waals surface area contributed by atoms with E-state index in [-0.39, 0.29) is 18.0 Å². The standard InChI is InChI=1S/C28H26N2O.CO2/c1-2-19-7-6-10-21(15-19)23-12-11-22(27-18-29-14-13-24(23)27)17-30-28(31)26-16-25(26)20-8-4-3-5-9-20;2-1-3/h3-15,18,25-26H,2,16-17H2,1H3,(H,30,31);. The van der Waals surface area contributed by atoms with Crippen LogP contribution in [0.4, 0.5) is 0 Å². The molecule has 0 radical (unpaired) electrons. The van der Waals surface area contributed by atoms with Gasteiger partial charge in [0, 0.05) is 30.2 Å². The van der Waals surface area contributed by atoms with Crippen molar-refractivity contribution >= 4 is 22.8 Å². The topological polar surface area (TPSA) is 76.1 Å². The first kappa shape index (κ1) is 23.1. The van der Waals surface area contributed by atoms with Crippen LogP contribution in [0.5, 0.6) is 0 Å². The zero-order chi connectivity index (χ0) is 23.9. The minimum absolute atomic E-state index is 0.0860. The van der Waals surface area contributed by atoms with Crippen molar-refractivity contribution in [2.24, 2.45) is 5.92 Å². The fraction of sp³-hybridized carbons (Fsp3) is 0.207. The van der Waals surface area contributed by atoms with Crippen LogP contribution in [-0.2, 0) is 27.3 Å². The fourth-order valence-electron chi connectivity index (χ4n) is 4.48. The van der Waals surface area contributed by atoms with Crippen LogP contribution in [0.15, 0.2) is 85.2 Å². The molecule has 1 N–H and O–H groups in total. The molecule has 1 aliphatic rings. The lowest BCUT2D eigenvalue weighted by atomic mass is 9.95. The Morgan fingerprint density at radius 2 is 1.79 bits per heavy atom. The molecule has 5 heteroatoms. The SMILES string of the molecule is CCc1cccc(-c2ccc(CNC(=O)C3CC3c3ccccc3)c3cnccc23)c1.O=C=O. The van der Waals surface area contributed by atoms with E-state index < -0.39 is 0 Å². The minimum atomic E-state index is 0.0860.